The number of hydrogen-bond donors (Lipinski definition) is 2. The van der Waals surface area contributed by atoms with Gasteiger partial charge in [-0.25, -0.2) is 9.07 Å². The second kappa shape index (κ2) is 8.54. The van der Waals surface area contributed by atoms with Crippen LogP contribution in [0.4, 0.5) is 10.1 Å². The fourth-order valence-electron chi connectivity index (χ4n) is 2.33. The molecule has 1 heterocycles. The molecule has 3 aromatic rings. The first-order chi connectivity index (χ1) is 13.1. The number of amides is 1. The first kappa shape index (κ1) is 18.7. The molecule has 0 aliphatic rings. The maximum Gasteiger partial charge on any atom is 0.234 e. The van der Waals surface area contributed by atoms with Crippen molar-refractivity contribution in [1.82, 2.24) is 14.9 Å². The Hall–Kier alpha value is -3.07. The highest BCUT2D eigenvalue weighted by atomic mass is 32.2. The summed E-state index contributed by atoms with van der Waals surface area (Å²) < 4.78 is 20.0. The number of ether oxygens (including phenoxy) is 1. The number of carbonyl (C=O) groups excluding carboxylic acids is 1. The van der Waals surface area contributed by atoms with Crippen LogP contribution in [0.1, 0.15) is 6.92 Å². The van der Waals surface area contributed by atoms with Crippen molar-refractivity contribution in [3.05, 3.63) is 54.3 Å². The lowest BCUT2D eigenvalue weighted by Crippen LogP contribution is -2.16. The van der Waals surface area contributed by atoms with Crippen LogP contribution in [-0.4, -0.2) is 33.1 Å². The topological polar surface area (TPSA) is 95.1 Å². The van der Waals surface area contributed by atoms with Crippen molar-refractivity contribution in [3.63, 3.8) is 0 Å². The number of halogens is 1. The van der Waals surface area contributed by atoms with E-state index in [2.05, 4.69) is 15.5 Å². The van der Waals surface area contributed by atoms with Crippen LogP contribution in [0.25, 0.3) is 11.4 Å². The van der Waals surface area contributed by atoms with Crippen LogP contribution in [0.5, 0.6) is 5.75 Å². The number of anilines is 1. The lowest BCUT2D eigenvalue weighted by molar-refractivity contribution is -0.113. The Labute approximate surface area is 159 Å². The number of nitrogens with zero attached hydrogens (tertiary/aromatic N) is 3. The SMILES string of the molecule is CCOc1ccc(NC(=O)CSc2nnc(-c3cccc(F)c3)n2N)cc1. The average molecular weight is 387 g/mol. The summed E-state index contributed by atoms with van der Waals surface area (Å²) in [6.07, 6.45) is 0. The molecular formula is C18H18FN5O2S. The van der Waals surface area contributed by atoms with Crippen LogP contribution < -0.4 is 15.9 Å². The van der Waals surface area contributed by atoms with Crippen LogP contribution in [0.15, 0.2) is 53.7 Å². The number of rotatable bonds is 7. The summed E-state index contributed by atoms with van der Waals surface area (Å²) in [4.78, 5) is 12.1. The molecule has 0 fully saturated rings. The van der Waals surface area contributed by atoms with Gasteiger partial charge in [-0.2, -0.15) is 0 Å². The Balaban J connectivity index is 1.59. The maximum absolute atomic E-state index is 13.4. The van der Waals surface area contributed by atoms with Crippen LogP contribution in [0.3, 0.4) is 0 Å². The molecule has 7 nitrogen and oxygen atoms in total. The Kier molecular flexibility index (Phi) is 5.92. The van der Waals surface area contributed by atoms with Gasteiger partial charge in [0.15, 0.2) is 5.82 Å². The van der Waals surface area contributed by atoms with Crippen LogP contribution in [0.2, 0.25) is 0 Å². The number of hydrogen-bond acceptors (Lipinski definition) is 6. The summed E-state index contributed by atoms with van der Waals surface area (Å²) >= 11 is 1.14. The largest absolute Gasteiger partial charge is 0.494 e. The molecule has 3 N–H and O–H groups in total. The van der Waals surface area contributed by atoms with E-state index in [9.17, 15) is 9.18 Å². The Morgan fingerprint density at radius 1 is 1.26 bits per heavy atom. The van der Waals surface area contributed by atoms with Gasteiger partial charge in [0.2, 0.25) is 11.1 Å². The first-order valence-corrected chi connectivity index (χ1v) is 9.17. The molecule has 0 bridgehead atoms. The molecule has 9 heteroatoms. The summed E-state index contributed by atoms with van der Waals surface area (Å²) in [6, 6.07) is 13.0. The second-order valence-corrected chi connectivity index (χ2v) is 6.42. The van der Waals surface area contributed by atoms with E-state index in [1.165, 1.54) is 16.8 Å². The zero-order valence-corrected chi connectivity index (χ0v) is 15.4. The van der Waals surface area contributed by atoms with Gasteiger partial charge in [-0.3, -0.25) is 4.79 Å². The van der Waals surface area contributed by atoms with Gasteiger partial charge < -0.3 is 15.9 Å². The highest BCUT2D eigenvalue weighted by molar-refractivity contribution is 7.99. The molecule has 0 atom stereocenters. The summed E-state index contributed by atoms with van der Waals surface area (Å²) in [5, 5.41) is 11.1. The van der Waals surface area contributed by atoms with Crippen molar-refractivity contribution in [1.29, 1.82) is 0 Å². The monoisotopic (exact) mass is 387 g/mol. The molecule has 0 unspecified atom stereocenters. The number of aromatic nitrogens is 3. The van der Waals surface area contributed by atoms with E-state index in [0.29, 0.717) is 28.8 Å². The molecular weight excluding hydrogens is 369 g/mol. The molecule has 0 saturated heterocycles. The molecule has 2 aromatic carbocycles. The van der Waals surface area contributed by atoms with Gasteiger partial charge in [0.25, 0.3) is 0 Å². The lowest BCUT2D eigenvalue weighted by Gasteiger charge is -2.07. The zero-order chi connectivity index (χ0) is 19.2. The first-order valence-electron chi connectivity index (χ1n) is 8.18. The van der Waals surface area contributed by atoms with E-state index in [1.807, 2.05) is 6.92 Å². The molecule has 1 aromatic heterocycles. The standard InChI is InChI=1S/C18H18FN5O2S/c1-2-26-15-8-6-14(7-9-15)21-16(25)11-27-18-23-22-17(24(18)20)12-4-3-5-13(19)10-12/h3-10H,2,11,20H2,1H3,(H,21,25). The fraction of sp³-hybridized carbons (Fsp3) is 0.167. The van der Waals surface area contributed by atoms with Crippen molar-refractivity contribution < 1.29 is 13.9 Å². The van der Waals surface area contributed by atoms with Crippen LogP contribution in [-0.2, 0) is 4.79 Å². The van der Waals surface area contributed by atoms with Crippen molar-refractivity contribution in [2.45, 2.75) is 12.1 Å². The summed E-state index contributed by atoms with van der Waals surface area (Å²) in [5.74, 6) is 6.54. The second-order valence-electron chi connectivity index (χ2n) is 5.48. The molecule has 3 rings (SSSR count). The van der Waals surface area contributed by atoms with E-state index in [4.69, 9.17) is 10.6 Å². The third kappa shape index (κ3) is 4.76. The zero-order valence-electron chi connectivity index (χ0n) is 14.6. The van der Waals surface area contributed by atoms with Crippen LogP contribution in [0, 0.1) is 5.82 Å². The molecule has 27 heavy (non-hydrogen) atoms. The highest BCUT2D eigenvalue weighted by Crippen LogP contribution is 2.22. The minimum atomic E-state index is -0.389. The highest BCUT2D eigenvalue weighted by Gasteiger charge is 2.14. The van der Waals surface area contributed by atoms with Gasteiger partial charge in [0, 0.05) is 11.3 Å². The third-order valence-electron chi connectivity index (χ3n) is 3.53. The minimum absolute atomic E-state index is 0.103. The smallest absolute Gasteiger partial charge is 0.234 e. The molecule has 0 aliphatic carbocycles. The van der Waals surface area contributed by atoms with Crippen molar-refractivity contribution in [3.8, 4) is 17.1 Å². The van der Waals surface area contributed by atoms with E-state index in [0.717, 1.165) is 17.5 Å². The van der Waals surface area contributed by atoms with Crippen molar-refractivity contribution >= 4 is 23.4 Å². The number of nitrogens with two attached hydrogens (primary N) is 1. The number of carbonyl (C=O) groups is 1. The predicted octanol–water partition coefficient (Wildman–Crippen LogP) is 2.93. The Bertz CT molecular complexity index is 930. The van der Waals surface area contributed by atoms with E-state index < -0.39 is 0 Å². The lowest BCUT2D eigenvalue weighted by atomic mass is 10.2. The molecule has 0 radical (unpaired) electrons. The molecule has 140 valence electrons. The fourth-order valence-corrected chi connectivity index (χ4v) is 2.98. The molecule has 0 aliphatic heterocycles. The average Bonchev–Trinajstić information content (AvgIpc) is 3.02. The molecule has 0 saturated carbocycles. The maximum atomic E-state index is 13.4. The number of nitrogen functional groups attached to an aromatic ring is 1. The quantitative estimate of drug-likeness (QED) is 0.478. The van der Waals surface area contributed by atoms with E-state index in [-0.39, 0.29) is 17.5 Å². The van der Waals surface area contributed by atoms with Gasteiger partial charge in [-0.1, -0.05) is 23.9 Å². The molecule has 1 amide bonds. The van der Waals surface area contributed by atoms with Gasteiger partial charge >= 0.3 is 0 Å². The van der Waals surface area contributed by atoms with E-state index in [1.54, 1.807) is 36.4 Å². The number of benzene rings is 2. The van der Waals surface area contributed by atoms with Crippen LogP contribution >= 0.6 is 11.8 Å². The Morgan fingerprint density at radius 3 is 2.74 bits per heavy atom. The minimum Gasteiger partial charge on any atom is -0.494 e. The predicted molar refractivity (Wildman–Crippen MR) is 103 cm³/mol. The van der Waals surface area contributed by atoms with Crippen molar-refractivity contribution in [2.24, 2.45) is 0 Å². The third-order valence-corrected chi connectivity index (χ3v) is 4.47. The van der Waals surface area contributed by atoms with E-state index >= 15 is 0 Å². The number of nitrogens with one attached hydrogen (secondary N) is 1. The van der Waals surface area contributed by atoms with Gasteiger partial charge in [-0.05, 0) is 43.3 Å². The summed E-state index contributed by atoms with van der Waals surface area (Å²) in [6.45, 7) is 2.49. The normalized spacial score (nSPS) is 10.6. The summed E-state index contributed by atoms with van der Waals surface area (Å²) in [5.41, 5.74) is 1.18. The van der Waals surface area contributed by atoms with Gasteiger partial charge in [0.1, 0.15) is 11.6 Å². The Morgan fingerprint density at radius 2 is 2.04 bits per heavy atom. The van der Waals surface area contributed by atoms with Gasteiger partial charge in [-0.15, -0.1) is 10.2 Å². The van der Waals surface area contributed by atoms with Crippen molar-refractivity contribution in [2.75, 3.05) is 23.5 Å². The number of thioether (sulfide) groups is 1. The molecule has 0 spiro atoms. The summed E-state index contributed by atoms with van der Waals surface area (Å²) in [7, 11) is 0. The van der Waals surface area contributed by atoms with Gasteiger partial charge in [0.05, 0.1) is 12.4 Å².